The molecule has 0 aromatic heterocycles. The van der Waals surface area contributed by atoms with Crippen LogP contribution in [0.5, 0.6) is 0 Å². The fourth-order valence-corrected chi connectivity index (χ4v) is 1.90. The maximum absolute atomic E-state index is 5.36. The van der Waals surface area contributed by atoms with Gasteiger partial charge in [0.2, 0.25) is 0 Å². The van der Waals surface area contributed by atoms with Crippen LogP contribution in [0.15, 0.2) is 4.99 Å². The van der Waals surface area contributed by atoms with E-state index in [-0.39, 0.29) is 0 Å². The van der Waals surface area contributed by atoms with Crippen LogP contribution in [-0.2, 0) is 4.74 Å². The van der Waals surface area contributed by atoms with Crippen molar-refractivity contribution >= 4 is 6.72 Å². The summed E-state index contributed by atoms with van der Waals surface area (Å²) in [5, 5.41) is 0. The van der Waals surface area contributed by atoms with Crippen molar-refractivity contribution in [2.75, 3.05) is 19.8 Å². The van der Waals surface area contributed by atoms with Crippen molar-refractivity contribution in [3.63, 3.8) is 0 Å². The molecule has 2 heteroatoms. The summed E-state index contributed by atoms with van der Waals surface area (Å²) in [5.74, 6) is 0. The number of hydrogen-bond donors (Lipinski definition) is 0. The summed E-state index contributed by atoms with van der Waals surface area (Å²) in [4.78, 5) is 3.93. The van der Waals surface area contributed by atoms with Gasteiger partial charge in [-0.05, 0) is 31.4 Å². The van der Waals surface area contributed by atoms with Crippen LogP contribution in [0.2, 0.25) is 0 Å². The first-order valence-corrected chi connectivity index (χ1v) is 4.83. The lowest BCUT2D eigenvalue weighted by Gasteiger charge is -2.36. The van der Waals surface area contributed by atoms with E-state index in [2.05, 4.69) is 18.6 Å². The second-order valence-electron chi connectivity index (χ2n) is 3.66. The van der Waals surface area contributed by atoms with Gasteiger partial charge < -0.3 is 9.73 Å². The molecule has 1 aliphatic heterocycles. The summed E-state index contributed by atoms with van der Waals surface area (Å²) in [6.07, 6.45) is 4.86. The smallest absolute Gasteiger partial charge is 0.0471 e. The van der Waals surface area contributed by atoms with Gasteiger partial charge >= 0.3 is 0 Å². The molecule has 0 unspecified atom stereocenters. The first-order chi connectivity index (χ1) is 5.83. The maximum atomic E-state index is 5.36. The largest absolute Gasteiger partial charge is 0.381 e. The molecule has 0 spiro atoms. The summed E-state index contributed by atoms with van der Waals surface area (Å²) in [5.41, 5.74) is 0.513. The lowest BCUT2D eigenvalue weighted by atomic mass is 9.75. The van der Waals surface area contributed by atoms with E-state index >= 15 is 0 Å². The molecular formula is C10H19NO. The average Bonchev–Trinajstić information content (AvgIpc) is 2.16. The molecule has 0 N–H and O–H groups in total. The van der Waals surface area contributed by atoms with Crippen LogP contribution >= 0.6 is 0 Å². The van der Waals surface area contributed by atoms with Gasteiger partial charge in [0.25, 0.3) is 0 Å². The first kappa shape index (κ1) is 9.72. The Morgan fingerprint density at radius 1 is 1.42 bits per heavy atom. The molecule has 0 aliphatic carbocycles. The Hall–Kier alpha value is -0.370. The minimum absolute atomic E-state index is 0.513. The molecule has 0 atom stereocenters. The maximum Gasteiger partial charge on any atom is 0.0471 e. The van der Waals surface area contributed by atoms with Crippen molar-refractivity contribution in [1.82, 2.24) is 0 Å². The number of hydrogen-bond acceptors (Lipinski definition) is 2. The van der Waals surface area contributed by atoms with E-state index in [0.29, 0.717) is 5.41 Å². The molecular weight excluding hydrogens is 150 g/mol. The van der Waals surface area contributed by atoms with Crippen molar-refractivity contribution in [1.29, 1.82) is 0 Å². The molecule has 1 rings (SSSR count). The third-order valence-corrected chi connectivity index (χ3v) is 3.10. The highest BCUT2D eigenvalue weighted by molar-refractivity contribution is 5.23. The van der Waals surface area contributed by atoms with Crippen LogP contribution < -0.4 is 0 Å². The SMILES string of the molecule is C=NCCC1(CC)CCOCC1. The van der Waals surface area contributed by atoms with Crippen LogP contribution in [0.1, 0.15) is 32.6 Å². The van der Waals surface area contributed by atoms with Crippen molar-refractivity contribution < 1.29 is 4.74 Å². The molecule has 0 amide bonds. The third kappa shape index (κ3) is 2.31. The van der Waals surface area contributed by atoms with E-state index in [4.69, 9.17) is 4.74 Å². The lowest BCUT2D eigenvalue weighted by molar-refractivity contribution is 0.00943. The van der Waals surface area contributed by atoms with Gasteiger partial charge in [-0.25, -0.2) is 0 Å². The number of nitrogens with zero attached hydrogens (tertiary/aromatic N) is 1. The summed E-state index contributed by atoms with van der Waals surface area (Å²) >= 11 is 0. The Balaban J connectivity index is 2.41. The molecule has 1 heterocycles. The molecule has 0 radical (unpaired) electrons. The standard InChI is InChI=1S/C10H19NO/c1-3-10(4-7-11-2)5-8-12-9-6-10/h2-9H2,1H3. The van der Waals surface area contributed by atoms with Gasteiger partial charge in [-0.2, -0.15) is 0 Å². The summed E-state index contributed by atoms with van der Waals surface area (Å²) < 4.78 is 5.36. The van der Waals surface area contributed by atoms with Crippen molar-refractivity contribution in [3.05, 3.63) is 0 Å². The van der Waals surface area contributed by atoms with Gasteiger partial charge in [0.15, 0.2) is 0 Å². The Morgan fingerprint density at radius 3 is 2.58 bits per heavy atom. The molecule has 2 nitrogen and oxygen atoms in total. The zero-order chi connectivity index (χ0) is 8.86. The Morgan fingerprint density at radius 2 is 2.08 bits per heavy atom. The van der Waals surface area contributed by atoms with Gasteiger partial charge in [-0.15, -0.1) is 0 Å². The Kier molecular flexibility index (Phi) is 3.73. The fourth-order valence-electron chi connectivity index (χ4n) is 1.90. The molecule has 1 saturated heterocycles. The van der Waals surface area contributed by atoms with E-state index in [0.717, 1.165) is 19.8 Å². The van der Waals surface area contributed by atoms with Crippen LogP contribution in [-0.4, -0.2) is 26.5 Å². The molecule has 0 aromatic rings. The van der Waals surface area contributed by atoms with Gasteiger partial charge in [-0.3, -0.25) is 0 Å². The normalized spacial score (nSPS) is 22.1. The quantitative estimate of drug-likeness (QED) is 0.592. The van der Waals surface area contributed by atoms with Crippen LogP contribution in [0.25, 0.3) is 0 Å². The average molecular weight is 169 g/mol. The van der Waals surface area contributed by atoms with Crippen LogP contribution in [0, 0.1) is 5.41 Å². The summed E-state index contributed by atoms with van der Waals surface area (Å²) in [6.45, 7) is 8.58. The highest BCUT2D eigenvalue weighted by Crippen LogP contribution is 2.37. The van der Waals surface area contributed by atoms with E-state index in [9.17, 15) is 0 Å². The van der Waals surface area contributed by atoms with Crippen LogP contribution in [0.3, 0.4) is 0 Å². The van der Waals surface area contributed by atoms with E-state index in [1.54, 1.807) is 0 Å². The van der Waals surface area contributed by atoms with E-state index in [1.807, 2.05) is 0 Å². The molecule has 0 saturated carbocycles. The monoisotopic (exact) mass is 169 g/mol. The first-order valence-electron chi connectivity index (χ1n) is 4.83. The lowest BCUT2D eigenvalue weighted by Crippen LogP contribution is -2.29. The molecule has 70 valence electrons. The number of aliphatic imine (C=N–C) groups is 1. The number of ether oxygens (including phenoxy) is 1. The predicted molar refractivity (Wildman–Crippen MR) is 51.8 cm³/mol. The fraction of sp³-hybridized carbons (Fsp3) is 0.900. The predicted octanol–water partition coefficient (Wildman–Crippen LogP) is 2.28. The molecule has 12 heavy (non-hydrogen) atoms. The van der Waals surface area contributed by atoms with Gasteiger partial charge in [0, 0.05) is 19.8 Å². The molecule has 1 aliphatic rings. The minimum Gasteiger partial charge on any atom is -0.381 e. The van der Waals surface area contributed by atoms with E-state index in [1.165, 1.54) is 25.7 Å². The van der Waals surface area contributed by atoms with Gasteiger partial charge in [-0.1, -0.05) is 13.3 Å². The van der Waals surface area contributed by atoms with Crippen molar-refractivity contribution in [2.45, 2.75) is 32.6 Å². The second kappa shape index (κ2) is 4.61. The zero-order valence-corrected chi connectivity index (χ0v) is 8.01. The van der Waals surface area contributed by atoms with Gasteiger partial charge in [0.05, 0.1) is 0 Å². The van der Waals surface area contributed by atoms with Gasteiger partial charge in [0.1, 0.15) is 0 Å². The highest BCUT2D eigenvalue weighted by Gasteiger charge is 2.29. The summed E-state index contributed by atoms with van der Waals surface area (Å²) in [6, 6.07) is 0. The van der Waals surface area contributed by atoms with E-state index < -0.39 is 0 Å². The topological polar surface area (TPSA) is 21.6 Å². The third-order valence-electron chi connectivity index (χ3n) is 3.10. The molecule has 0 aromatic carbocycles. The Labute approximate surface area is 75.0 Å². The minimum atomic E-state index is 0.513. The summed E-state index contributed by atoms with van der Waals surface area (Å²) in [7, 11) is 0. The highest BCUT2D eigenvalue weighted by atomic mass is 16.5. The van der Waals surface area contributed by atoms with Crippen molar-refractivity contribution in [2.24, 2.45) is 10.4 Å². The zero-order valence-electron chi connectivity index (χ0n) is 8.01. The Bertz CT molecular complexity index is 139. The molecule has 1 fully saturated rings. The van der Waals surface area contributed by atoms with Crippen LogP contribution in [0.4, 0.5) is 0 Å². The van der Waals surface area contributed by atoms with Crippen molar-refractivity contribution in [3.8, 4) is 0 Å². The number of rotatable bonds is 4. The molecule has 0 bridgehead atoms. The second-order valence-corrected chi connectivity index (χ2v) is 3.66.